The van der Waals surface area contributed by atoms with Gasteiger partial charge in [0, 0.05) is 18.0 Å². The molecular weight excluding hydrogens is 332 g/mol. The smallest absolute Gasteiger partial charge is 0.241 e. The first-order chi connectivity index (χ1) is 11.5. The molecule has 2 aromatic heterocycles. The van der Waals surface area contributed by atoms with Crippen molar-refractivity contribution in [2.45, 2.75) is 11.4 Å². The van der Waals surface area contributed by atoms with Gasteiger partial charge < -0.3 is 4.74 Å². The van der Waals surface area contributed by atoms with Gasteiger partial charge in [0.05, 0.1) is 13.7 Å². The van der Waals surface area contributed by atoms with Crippen molar-refractivity contribution in [3.8, 4) is 17.1 Å². The second kappa shape index (κ2) is 6.34. The van der Waals surface area contributed by atoms with Crippen LogP contribution >= 0.6 is 0 Å². The molecule has 3 rings (SSSR count). The van der Waals surface area contributed by atoms with Crippen LogP contribution in [0.2, 0.25) is 0 Å². The van der Waals surface area contributed by atoms with Crippen LogP contribution < -0.4 is 9.88 Å². The molecule has 0 aliphatic rings. The number of tetrazole rings is 1. The molecule has 0 fully saturated rings. The minimum atomic E-state index is -3.87. The molecule has 124 valence electrons. The maximum absolute atomic E-state index is 11.5. The van der Waals surface area contributed by atoms with Gasteiger partial charge in [-0.2, -0.15) is 4.80 Å². The molecule has 0 amide bonds. The Morgan fingerprint density at radius 3 is 2.79 bits per heavy atom. The number of benzene rings is 1. The monoisotopic (exact) mass is 346 g/mol. The summed E-state index contributed by atoms with van der Waals surface area (Å²) in [6, 6.07) is 8.13. The molecule has 0 unspecified atom stereocenters. The maximum Gasteiger partial charge on any atom is 0.241 e. The molecular formula is C14H14N6O3S. The van der Waals surface area contributed by atoms with Crippen LogP contribution in [0.15, 0.2) is 47.6 Å². The average molecular weight is 346 g/mol. The van der Waals surface area contributed by atoms with Crippen LogP contribution in [-0.2, 0) is 16.6 Å². The third kappa shape index (κ3) is 3.39. The van der Waals surface area contributed by atoms with Gasteiger partial charge in [-0.05, 0) is 35.0 Å². The summed E-state index contributed by atoms with van der Waals surface area (Å²) in [7, 11) is -2.51. The fourth-order valence-electron chi connectivity index (χ4n) is 2.12. The molecule has 0 aliphatic heterocycles. The van der Waals surface area contributed by atoms with Crippen LogP contribution in [0.5, 0.6) is 5.75 Å². The van der Waals surface area contributed by atoms with Crippen LogP contribution in [0.1, 0.15) is 5.56 Å². The highest BCUT2D eigenvalue weighted by Gasteiger charge is 2.17. The lowest BCUT2D eigenvalue weighted by Gasteiger charge is -2.07. The average Bonchev–Trinajstić information content (AvgIpc) is 3.03. The van der Waals surface area contributed by atoms with E-state index in [9.17, 15) is 8.42 Å². The summed E-state index contributed by atoms with van der Waals surface area (Å²) >= 11 is 0. The van der Waals surface area contributed by atoms with Gasteiger partial charge in [-0.1, -0.05) is 6.07 Å². The Hall–Kier alpha value is -2.85. The van der Waals surface area contributed by atoms with E-state index in [-0.39, 0.29) is 10.6 Å². The largest absolute Gasteiger partial charge is 0.495 e. The minimum Gasteiger partial charge on any atom is -0.495 e. The molecule has 0 saturated heterocycles. The normalized spacial score (nSPS) is 11.4. The SMILES string of the molecule is COc1cc(-c2nnn(Cc3cccnc3)n2)ccc1S(N)(=O)=O. The zero-order chi connectivity index (χ0) is 17.2. The van der Waals surface area contributed by atoms with Crippen LogP contribution in [0.25, 0.3) is 11.4 Å². The van der Waals surface area contributed by atoms with E-state index < -0.39 is 10.0 Å². The lowest BCUT2D eigenvalue weighted by molar-refractivity contribution is 0.403. The molecule has 24 heavy (non-hydrogen) atoms. The highest BCUT2D eigenvalue weighted by molar-refractivity contribution is 7.89. The molecule has 2 heterocycles. The zero-order valence-electron chi connectivity index (χ0n) is 12.7. The molecule has 0 radical (unpaired) electrons. The highest BCUT2D eigenvalue weighted by Crippen LogP contribution is 2.27. The zero-order valence-corrected chi connectivity index (χ0v) is 13.5. The number of hydrogen-bond acceptors (Lipinski definition) is 7. The first-order valence-corrected chi connectivity index (χ1v) is 8.40. The van der Waals surface area contributed by atoms with Gasteiger partial charge in [-0.25, -0.2) is 13.6 Å². The van der Waals surface area contributed by atoms with E-state index in [0.717, 1.165) is 5.56 Å². The van der Waals surface area contributed by atoms with Crippen molar-refractivity contribution < 1.29 is 13.2 Å². The third-order valence-electron chi connectivity index (χ3n) is 3.23. The Bertz CT molecular complexity index is 956. The van der Waals surface area contributed by atoms with Crippen LogP contribution in [0, 0.1) is 0 Å². The molecule has 0 aliphatic carbocycles. The van der Waals surface area contributed by atoms with Crippen molar-refractivity contribution in [3.05, 3.63) is 48.3 Å². The molecule has 3 aromatic rings. The number of ether oxygens (including phenoxy) is 1. The van der Waals surface area contributed by atoms with Crippen LogP contribution in [-0.4, -0.2) is 40.7 Å². The molecule has 0 spiro atoms. The van der Waals surface area contributed by atoms with Crippen LogP contribution in [0.4, 0.5) is 0 Å². The first kappa shape index (κ1) is 16.0. The number of pyridine rings is 1. The Morgan fingerprint density at radius 1 is 1.29 bits per heavy atom. The fraction of sp³-hybridized carbons (Fsp3) is 0.143. The van der Waals surface area contributed by atoms with Crippen molar-refractivity contribution in [3.63, 3.8) is 0 Å². The Balaban J connectivity index is 1.90. The number of nitrogens with zero attached hydrogens (tertiary/aromatic N) is 5. The second-order valence-electron chi connectivity index (χ2n) is 4.92. The fourth-order valence-corrected chi connectivity index (χ4v) is 2.80. The van der Waals surface area contributed by atoms with Gasteiger partial charge >= 0.3 is 0 Å². The molecule has 0 saturated carbocycles. The van der Waals surface area contributed by atoms with Crippen molar-refractivity contribution in [2.75, 3.05) is 7.11 Å². The van der Waals surface area contributed by atoms with E-state index in [1.807, 2.05) is 12.1 Å². The van der Waals surface area contributed by atoms with Gasteiger partial charge in [0.1, 0.15) is 10.6 Å². The predicted octanol–water partition coefficient (Wildman–Crippen LogP) is 0.439. The van der Waals surface area contributed by atoms with Gasteiger partial charge in [-0.15, -0.1) is 10.2 Å². The number of sulfonamides is 1. The highest BCUT2D eigenvalue weighted by atomic mass is 32.2. The number of aromatic nitrogens is 5. The predicted molar refractivity (Wildman–Crippen MR) is 84.5 cm³/mol. The van der Waals surface area contributed by atoms with Gasteiger partial charge in [0.25, 0.3) is 0 Å². The van der Waals surface area contributed by atoms with E-state index in [2.05, 4.69) is 20.4 Å². The topological polar surface area (TPSA) is 126 Å². The van der Waals surface area contributed by atoms with Crippen molar-refractivity contribution >= 4 is 10.0 Å². The quantitative estimate of drug-likeness (QED) is 0.710. The Kier molecular flexibility index (Phi) is 4.23. The Labute approximate surface area is 138 Å². The summed E-state index contributed by atoms with van der Waals surface area (Å²) in [4.78, 5) is 5.35. The van der Waals surface area contributed by atoms with E-state index in [0.29, 0.717) is 17.9 Å². The van der Waals surface area contributed by atoms with Gasteiger partial charge in [0.2, 0.25) is 15.8 Å². The number of hydrogen-bond donors (Lipinski definition) is 1. The number of methoxy groups -OCH3 is 1. The molecule has 0 atom stereocenters. The molecule has 1 aromatic carbocycles. The standard InChI is InChI=1S/C14H14N6O3S/c1-23-12-7-11(4-5-13(12)24(15,21)22)14-17-19-20(18-14)9-10-3-2-6-16-8-10/h2-8H,9H2,1H3,(H2,15,21,22). The van der Waals surface area contributed by atoms with Crippen LogP contribution in [0.3, 0.4) is 0 Å². The lowest BCUT2D eigenvalue weighted by Crippen LogP contribution is -2.13. The summed E-state index contributed by atoms with van der Waals surface area (Å²) in [5, 5.41) is 17.4. The summed E-state index contributed by atoms with van der Waals surface area (Å²) in [6.07, 6.45) is 3.40. The molecule has 9 nitrogen and oxygen atoms in total. The second-order valence-corrected chi connectivity index (χ2v) is 6.45. The number of primary sulfonamides is 1. The summed E-state index contributed by atoms with van der Waals surface area (Å²) in [5.74, 6) is 0.469. The number of nitrogens with two attached hydrogens (primary N) is 1. The number of rotatable bonds is 5. The summed E-state index contributed by atoms with van der Waals surface area (Å²) < 4.78 is 28.1. The van der Waals surface area contributed by atoms with Crippen molar-refractivity contribution in [1.82, 2.24) is 25.2 Å². The van der Waals surface area contributed by atoms with E-state index in [4.69, 9.17) is 9.88 Å². The third-order valence-corrected chi connectivity index (χ3v) is 4.18. The molecule has 2 N–H and O–H groups in total. The van der Waals surface area contributed by atoms with Gasteiger partial charge in [-0.3, -0.25) is 4.98 Å². The van der Waals surface area contributed by atoms with Crippen molar-refractivity contribution in [1.29, 1.82) is 0 Å². The van der Waals surface area contributed by atoms with E-state index in [1.54, 1.807) is 18.5 Å². The van der Waals surface area contributed by atoms with Gasteiger partial charge in [0.15, 0.2) is 0 Å². The molecule has 10 heteroatoms. The molecule has 0 bridgehead atoms. The van der Waals surface area contributed by atoms with E-state index in [1.165, 1.54) is 24.0 Å². The minimum absolute atomic E-state index is 0.100. The first-order valence-electron chi connectivity index (χ1n) is 6.85. The van der Waals surface area contributed by atoms with E-state index >= 15 is 0 Å². The summed E-state index contributed by atoms with van der Waals surface area (Å²) in [5.41, 5.74) is 1.50. The lowest BCUT2D eigenvalue weighted by atomic mass is 10.2. The Morgan fingerprint density at radius 2 is 2.12 bits per heavy atom. The van der Waals surface area contributed by atoms with Crippen molar-refractivity contribution in [2.24, 2.45) is 5.14 Å². The summed E-state index contributed by atoms with van der Waals surface area (Å²) in [6.45, 7) is 0.424. The maximum atomic E-state index is 11.5.